The Balaban J connectivity index is 1.60. The molecule has 0 unspecified atom stereocenters. The molecule has 2 heterocycles. The summed E-state index contributed by atoms with van der Waals surface area (Å²) in [6, 6.07) is 10.3. The maximum absolute atomic E-state index is 9.35. The molecule has 5 nitrogen and oxygen atoms in total. The van der Waals surface area contributed by atoms with Gasteiger partial charge in [0.15, 0.2) is 11.4 Å². The lowest BCUT2D eigenvalue weighted by atomic mass is 10.2. The van der Waals surface area contributed by atoms with E-state index < -0.39 is 0 Å². The Morgan fingerprint density at radius 2 is 2.00 bits per heavy atom. The number of hydrogen-bond acceptors (Lipinski definition) is 5. The number of imidazole rings is 1. The molecule has 124 valence electrons. The summed E-state index contributed by atoms with van der Waals surface area (Å²) >= 11 is 1.68. The predicted octanol–water partition coefficient (Wildman–Crippen LogP) is 2.67. The highest BCUT2D eigenvalue weighted by atomic mass is 32.2. The van der Waals surface area contributed by atoms with E-state index in [2.05, 4.69) is 21.7 Å². The second-order valence-corrected chi connectivity index (χ2v) is 6.51. The summed E-state index contributed by atoms with van der Waals surface area (Å²) in [5.74, 6) is 0.876. The van der Waals surface area contributed by atoms with Crippen molar-refractivity contribution in [2.75, 3.05) is 19.0 Å². The maximum atomic E-state index is 9.35. The van der Waals surface area contributed by atoms with E-state index in [1.165, 1.54) is 5.56 Å². The third-order valence-electron chi connectivity index (χ3n) is 3.63. The first-order valence-corrected chi connectivity index (χ1v) is 8.90. The molecule has 6 heteroatoms. The first-order valence-electron chi connectivity index (χ1n) is 7.92. The number of aliphatic hydroxyl groups is 1. The van der Waals surface area contributed by atoms with Crippen molar-refractivity contribution in [3.05, 3.63) is 47.8 Å². The van der Waals surface area contributed by atoms with Crippen LogP contribution in [0.1, 0.15) is 24.1 Å². The minimum Gasteiger partial charge on any atom is -0.390 e. The molecule has 2 aromatic rings. The van der Waals surface area contributed by atoms with E-state index in [4.69, 9.17) is 9.47 Å². The lowest BCUT2D eigenvalue weighted by Crippen LogP contribution is -2.25. The zero-order chi connectivity index (χ0) is 15.9. The molecule has 1 aromatic heterocycles. The Hall–Kier alpha value is -1.34. The number of hydrogen-bond donors (Lipinski definition) is 1. The second-order valence-electron chi connectivity index (χ2n) is 5.45. The molecule has 3 rings (SSSR count). The highest BCUT2D eigenvalue weighted by molar-refractivity contribution is 7.99. The monoisotopic (exact) mass is 334 g/mol. The number of ether oxygens (including phenoxy) is 2. The van der Waals surface area contributed by atoms with Crippen LogP contribution in [0.2, 0.25) is 0 Å². The van der Waals surface area contributed by atoms with E-state index in [-0.39, 0.29) is 12.9 Å². The number of rotatable bonds is 7. The zero-order valence-electron chi connectivity index (χ0n) is 13.1. The normalized spacial score (nSPS) is 15.9. The standard InChI is InChI=1S/C17H22N2O3S/c20-13-15-12-19(11-14-5-2-1-3-6-14)17(18-15)23-10-7-16-21-8-4-9-22-16/h1-3,5-6,12,16,20H,4,7-11,13H2. The third kappa shape index (κ3) is 4.81. The first-order chi connectivity index (χ1) is 11.3. The van der Waals surface area contributed by atoms with Crippen LogP contribution >= 0.6 is 11.8 Å². The van der Waals surface area contributed by atoms with Gasteiger partial charge in [0.1, 0.15) is 0 Å². The highest BCUT2D eigenvalue weighted by Crippen LogP contribution is 2.22. The lowest BCUT2D eigenvalue weighted by Gasteiger charge is -2.22. The van der Waals surface area contributed by atoms with Crippen molar-refractivity contribution in [3.8, 4) is 0 Å². The fourth-order valence-corrected chi connectivity index (χ4v) is 3.44. The molecule has 0 amide bonds. The van der Waals surface area contributed by atoms with Gasteiger partial charge in [0, 0.05) is 24.9 Å². The van der Waals surface area contributed by atoms with E-state index in [0.717, 1.165) is 43.5 Å². The molecule has 0 aliphatic carbocycles. The number of benzene rings is 1. The average molecular weight is 334 g/mol. The van der Waals surface area contributed by atoms with Crippen molar-refractivity contribution >= 4 is 11.8 Å². The molecule has 1 fully saturated rings. The molecule has 1 aliphatic rings. The molecule has 0 saturated carbocycles. The van der Waals surface area contributed by atoms with E-state index in [0.29, 0.717) is 5.69 Å². The van der Waals surface area contributed by atoms with Crippen molar-refractivity contribution in [1.29, 1.82) is 0 Å². The minimum atomic E-state index is -0.0916. The molecule has 0 bridgehead atoms. The summed E-state index contributed by atoms with van der Waals surface area (Å²) in [7, 11) is 0. The van der Waals surface area contributed by atoms with Crippen LogP contribution in [0.5, 0.6) is 0 Å². The van der Waals surface area contributed by atoms with Crippen LogP contribution in [0.3, 0.4) is 0 Å². The van der Waals surface area contributed by atoms with Crippen LogP contribution < -0.4 is 0 Å². The summed E-state index contributed by atoms with van der Waals surface area (Å²) < 4.78 is 13.2. The van der Waals surface area contributed by atoms with Crippen LogP contribution in [0.15, 0.2) is 41.7 Å². The molecule has 0 radical (unpaired) electrons. The van der Waals surface area contributed by atoms with E-state index >= 15 is 0 Å². The molecule has 0 spiro atoms. The van der Waals surface area contributed by atoms with Gasteiger partial charge in [-0.15, -0.1) is 0 Å². The quantitative estimate of drug-likeness (QED) is 0.789. The lowest BCUT2D eigenvalue weighted by molar-refractivity contribution is -0.178. The Kier molecular flexibility index (Phi) is 6.10. The summed E-state index contributed by atoms with van der Waals surface area (Å²) in [6.07, 6.45) is 3.65. The first kappa shape index (κ1) is 16.5. The fraction of sp³-hybridized carbons (Fsp3) is 0.471. The number of thioether (sulfide) groups is 1. The van der Waals surface area contributed by atoms with Gasteiger partial charge in [0.25, 0.3) is 0 Å². The smallest absolute Gasteiger partial charge is 0.168 e. The highest BCUT2D eigenvalue weighted by Gasteiger charge is 2.15. The summed E-state index contributed by atoms with van der Waals surface area (Å²) in [4.78, 5) is 4.50. The van der Waals surface area contributed by atoms with E-state index in [1.807, 2.05) is 24.4 Å². The SMILES string of the molecule is OCc1cn(Cc2ccccc2)c(SCCC2OCCCO2)n1. The zero-order valence-corrected chi connectivity index (χ0v) is 13.9. The van der Waals surface area contributed by atoms with Crippen molar-refractivity contribution < 1.29 is 14.6 Å². The molecule has 1 aliphatic heterocycles. The Bertz CT molecular complexity index is 597. The molecular weight excluding hydrogens is 312 g/mol. The molecule has 0 atom stereocenters. The van der Waals surface area contributed by atoms with Crippen LogP contribution in [0.4, 0.5) is 0 Å². The summed E-state index contributed by atoms with van der Waals surface area (Å²) in [5.41, 5.74) is 1.92. The van der Waals surface area contributed by atoms with Gasteiger partial charge in [-0.05, 0) is 12.0 Å². The average Bonchev–Trinajstić information content (AvgIpc) is 2.99. The maximum Gasteiger partial charge on any atom is 0.168 e. The number of nitrogens with zero attached hydrogens (tertiary/aromatic N) is 2. The van der Waals surface area contributed by atoms with Crippen LogP contribution in [-0.2, 0) is 22.6 Å². The predicted molar refractivity (Wildman–Crippen MR) is 89.3 cm³/mol. The van der Waals surface area contributed by atoms with Crippen molar-refractivity contribution in [2.24, 2.45) is 0 Å². The largest absolute Gasteiger partial charge is 0.390 e. The Morgan fingerprint density at radius 3 is 2.74 bits per heavy atom. The van der Waals surface area contributed by atoms with Crippen molar-refractivity contribution in [3.63, 3.8) is 0 Å². The molecule has 23 heavy (non-hydrogen) atoms. The summed E-state index contributed by atoms with van der Waals surface area (Å²) in [6.45, 7) is 2.29. The molecule has 1 aromatic carbocycles. The molecule has 1 N–H and O–H groups in total. The van der Waals surface area contributed by atoms with Gasteiger partial charge < -0.3 is 19.1 Å². The second kappa shape index (κ2) is 8.49. The van der Waals surface area contributed by atoms with Gasteiger partial charge in [-0.3, -0.25) is 0 Å². The van der Waals surface area contributed by atoms with Gasteiger partial charge in [-0.2, -0.15) is 0 Å². The van der Waals surface area contributed by atoms with Gasteiger partial charge in [-0.1, -0.05) is 42.1 Å². The number of aromatic nitrogens is 2. The van der Waals surface area contributed by atoms with Crippen molar-refractivity contribution in [2.45, 2.75) is 37.4 Å². The van der Waals surface area contributed by atoms with Gasteiger partial charge in [-0.25, -0.2) is 4.98 Å². The fourth-order valence-electron chi connectivity index (χ4n) is 2.49. The van der Waals surface area contributed by atoms with Gasteiger partial charge >= 0.3 is 0 Å². The topological polar surface area (TPSA) is 56.5 Å². The Morgan fingerprint density at radius 1 is 1.22 bits per heavy atom. The Labute approximate surface area is 140 Å². The molecule has 1 saturated heterocycles. The minimum absolute atomic E-state index is 0.0375. The van der Waals surface area contributed by atoms with Gasteiger partial charge in [0.2, 0.25) is 0 Å². The van der Waals surface area contributed by atoms with Crippen LogP contribution in [0, 0.1) is 0 Å². The van der Waals surface area contributed by atoms with Crippen LogP contribution in [0.25, 0.3) is 0 Å². The molecular formula is C17H22N2O3S. The van der Waals surface area contributed by atoms with E-state index in [9.17, 15) is 5.11 Å². The van der Waals surface area contributed by atoms with Crippen LogP contribution in [-0.4, -0.2) is 39.9 Å². The summed E-state index contributed by atoms with van der Waals surface area (Å²) in [5, 5.41) is 10.3. The number of aliphatic hydroxyl groups excluding tert-OH is 1. The van der Waals surface area contributed by atoms with Crippen molar-refractivity contribution in [1.82, 2.24) is 9.55 Å². The third-order valence-corrected chi connectivity index (χ3v) is 4.65. The van der Waals surface area contributed by atoms with E-state index in [1.54, 1.807) is 11.8 Å². The van der Waals surface area contributed by atoms with Gasteiger partial charge in [0.05, 0.1) is 25.5 Å².